The fourth-order valence-corrected chi connectivity index (χ4v) is 2.40. The number of ether oxygens (including phenoxy) is 1. The summed E-state index contributed by atoms with van der Waals surface area (Å²) in [5, 5.41) is 41.0. The molecule has 1 aliphatic rings. The van der Waals surface area contributed by atoms with Gasteiger partial charge in [-0.15, -0.1) is 6.58 Å². The summed E-state index contributed by atoms with van der Waals surface area (Å²) in [6, 6.07) is 0. The smallest absolute Gasteiger partial charge is 0.394 e. The SMILES string of the molecule is C=CC/C(=N\OS(=O)(=O)O)SO[C@@H]1O[C@H](CO)[C@@H](O)[C@H](O)[C@H]1O. The van der Waals surface area contributed by atoms with Crippen LogP contribution in [0.3, 0.4) is 0 Å². The molecule has 1 saturated heterocycles. The lowest BCUT2D eigenvalue weighted by Crippen LogP contribution is -2.58. The van der Waals surface area contributed by atoms with Crippen molar-refractivity contribution in [3.63, 3.8) is 0 Å². The number of oxime groups is 1. The van der Waals surface area contributed by atoms with Crippen molar-refractivity contribution in [2.45, 2.75) is 37.1 Å². The first kappa shape index (κ1) is 20.3. The molecule has 0 spiro atoms. The first-order valence-electron chi connectivity index (χ1n) is 6.17. The molecule has 0 amide bonds. The molecule has 1 aliphatic heterocycles. The van der Waals surface area contributed by atoms with Crippen LogP contribution in [0.2, 0.25) is 0 Å². The zero-order valence-electron chi connectivity index (χ0n) is 11.6. The van der Waals surface area contributed by atoms with Crippen LogP contribution in [0.1, 0.15) is 6.42 Å². The average Bonchev–Trinajstić information content (AvgIpc) is 2.48. The minimum absolute atomic E-state index is 0.00237. The number of rotatable bonds is 7. The Bertz CT molecular complexity index is 522. The van der Waals surface area contributed by atoms with Crippen LogP contribution < -0.4 is 0 Å². The standard InChI is InChI=1S/C10H17NO10S2/c1-2-3-6(11-21-23(16,17)18)22-20-10-9(15)8(14)7(13)5(4-12)19-10/h2,5,7-10,12-15H,1,3-4H2,(H,16,17,18)/b11-6+/t5-,7-,8+,9-,10+/m1/s1. The zero-order chi connectivity index (χ0) is 17.6. The van der Waals surface area contributed by atoms with E-state index in [-0.39, 0.29) is 11.5 Å². The monoisotopic (exact) mass is 375 g/mol. The lowest BCUT2D eigenvalue weighted by molar-refractivity contribution is -0.274. The number of hydrogen-bond donors (Lipinski definition) is 5. The van der Waals surface area contributed by atoms with Crippen molar-refractivity contribution in [1.29, 1.82) is 0 Å². The highest BCUT2D eigenvalue weighted by atomic mass is 32.3. The van der Waals surface area contributed by atoms with Crippen molar-refractivity contribution in [3.8, 4) is 0 Å². The van der Waals surface area contributed by atoms with Gasteiger partial charge in [-0.05, 0) is 0 Å². The van der Waals surface area contributed by atoms with Crippen LogP contribution in [-0.2, 0) is 23.6 Å². The highest BCUT2D eigenvalue weighted by Crippen LogP contribution is 2.26. The first-order chi connectivity index (χ1) is 10.7. The number of aliphatic hydroxyl groups excluding tert-OH is 4. The van der Waals surface area contributed by atoms with Crippen LogP contribution in [0.5, 0.6) is 0 Å². The molecule has 5 atom stereocenters. The summed E-state index contributed by atoms with van der Waals surface area (Å²) in [5.41, 5.74) is 0. The largest absolute Gasteiger partial charge is 0.466 e. The molecule has 0 aromatic carbocycles. The summed E-state index contributed by atoms with van der Waals surface area (Å²) >= 11 is 0.432. The Labute approximate surface area is 136 Å². The van der Waals surface area contributed by atoms with Gasteiger partial charge in [-0.1, -0.05) is 11.2 Å². The Kier molecular flexibility index (Phi) is 7.85. The van der Waals surface area contributed by atoms with E-state index >= 15 is 0 Å². The lowest BCUT2D eigenvalue weighted by atomic mass is 10.00. The maximum Gasteiger partial charge on any atom is 0.466 e. The summed E-state index contributed by atoms with van der Waals surface area (Å²) < 4.78 is 43.3. The Balaban J connectivity index is 2.70. The van der Waals surface area contributed by atoms with E-state index in [9.17, 15) is 23.7 Å². The minimum Gasteiger partial charge on any atom is -0.394 e. The molecule has 0 bridgehead atoms. The first-order valence-corrected chi connectivity index (χ1v) is 8.28. The number of aliphatic hydroxyl groups is 4. The van der Waals surface area contributed by atoms with E-state index in [0.717, 1.165) is 0 Å². The molecule has 1 heterocycles. The zero-order valence-corrected chi connectivity index (χ0v) is 13.3. The highest BCUT2D eigenvalue weighted by Gasteiger charge is 2.44. The van der Waals surface area contributed by atoms with Crippen molar-refractivity contribution in [1.82, 2.24) is 0 Å². The van der Waals surface area contributed by atoms with Gasteiger partial charge >= 0.3 is 10.4 Å². The molecule has 11 nitrogen and oxygen atoms in total. The second-order valence-electron chi connectivity index (χ2n) is 4.36. The summed E-state index contributed by atoms with van der Waals surface area (Å²) in [6.45, 7) is 2.77. The fraction of sp³-hybridized carbons (Fsp3) is 0.700. The van der Waals surface area contributed by atoms with Gasteiger partial charge in [0.15, 0.2) is 6.29 Å². The van der Waals surface area contributed by atoms with E-state index in [0.29, 0.717) is 12.0 Å². The van der Waals surface area contributed by atoms with E-state index in [4.69, 9.17) is 18.6 Å². The van der Waals surface area contributed by atoms with Crippen LogP contribution >= 0.6 is 12.0 Å². The van der Waals surface area contributed by atoms with Gasteiger partial charge in [-0.2, -0.15) is 8.42 Å². The van der Waals surface area contributed by atoms with Gasteiger partial charge in [0.25, 0.3) is 0 Å². The van der Waals surface area contributed by atoms with Gasteiger partial charge in [0.2, 0.25) is 0 Å². The molecule has 0 saturated carbocycles. The third-order valence-corrected chi connectivity index (χ3v) is 3.62. The molecule has 0 aliphatic carbocycles. The maximum absolute atomic E-state index is 10.5. The molecule has 5 N–H and O–H groups in total. The quantitative estimate of drug-likeness (QED) is 0.0844. The highest BCUT2D eigenvalue weighted by molar-refractivity contribution is 8.09. The minimum atomic E-state index is -4.80. The van der Waals surface area contributed by atoms with E-state index in [1.165, 1.54) is 6.08 Å². The second-order valence-corrected chi connectivity index (χ2v) is 6.19. The van der Waals surface area contributed by atoms with Gasteiger partial charge in [0.1, 0.15) is 29.5 Å². The van der Waals surface area contributed by atoms with E-state index < -0.39 is 47.7 Å². The van der Waals surface area contributed by atoms with Crippen molar-refractivity contribution >= 4 is 27.5 Å². The Morgan fingerprint density at radius 1 is 1.30 bits per heavy atom. The van der Waals surface area contributed by atoms with Gasteiger partial charge in [0.05, 0.1) is 18.6 Å². The van der Waals surface area contributed by atoms with Crippen molar-refractivity contribution < 1.29 is 46.6 Å². The van der Waals surface area contributed by atoms with Crippen molar-refractivity contribution in [2.75, 3.05) is 6.61 Å². The maximum atomic E-state index is 10.5. The Morgan fingerprint density at radius 3 is 2.48 bits per heavy atom. The number of nitrogens with zero attached hydrogens (tertiary/aromatic N) is 1. The lowest BCUT2D eigenvalue weighted by Gasteiger charge is -2.38. The van der Waals surface area contributed by atoms with E-state index in [1.807, 2.05) is 0 Å². The Morgan fingerprint density at radius 2 is 1.96 bits per heavy atom. The molecule has 0 aromatic heterocycles. The third kappa shape index (κ3) is 6.33. The van der Waals surface area contributed by atoms with Gasteiger partial charge in [-0.3, -0.25) is 8.74 Å². The predicted molar refractivity (Wildman–Crippen MR) is 77.3 cm³/mol. The number of hydrogen-bond acceptors (Lipinski definition) is 11. The summed E-state index contributed by atoms with van der Waals surface area (Å²) in [6.07, 6.45) is -6.07. The summed E-state index contributed by atoms with van der Waals surface area (Å²) in [5.74, 6) is 0. The summed E-state index contributed by atoms with van der Waals surface area (Å²) in [4.78, 5) is 0. The molecular weight excluding hydrogens is 358 g/mol. The van der Waals surface area contributed by atoms with Crippen molar-refractivity contribution in [3.05, 3.63) is 12.7 Å². The molecule has 1 rings (SSSR count). The number of allylic oxidation sites excluding steroid dienone is 1. The van der Waals surface area contributed by atoms with Crippen LogP contribution in [0.25, 0.3) is 0 Å². The van der Waals surface area contributed by atoms with E-state index in [1.54, 1.807) is 0 Å². The molecule has 0 unspecified atom stereocenters. The molecule has 1 fully saturated rings. The van der Waals surface area contributed by atoms with Gasteiger partial charge in [0, 0.05) is 6.42 Å². The molecule has 0 radical (unpaired) electrons. The normalized spacial score (nSPS) is 32.6. The van der Waals surface area contributed by atoms with Crippen molar-refractivity contribution in [2.24, 2.45) is 5.16 Å². The van der Waals surface area contributed by atoms with Crippen LogP contribution in [0.15, 0.2) is 17.8 Å². The van der Waals surface area contributed by atoms with Gasteiger partial charge in [-0.25, -0.2) is 4.28 Å². The molecule has 134 valence electrons. The second kappa shape index (κ2) is 8.91. The average molecular weight is 375 g/mol. The third-order valence-electron chi connectivity index (χ3n) is 2.64. The molecule has 13 heteroatoms. The van der Waals surface area contributed by atoms with E-state index in [2.05, 4.69) is 16.0 Å². The molecular formula is C10H17NO10S2. The van der Waals surface area contributed by atoms with Crippen LogP contribution in [0, 0.1) is 0 Å². The topological polar surface area (TPSA) is 175 Å². The van der Waals surface area contributed by atoms with Gasteiger partial charge < -0.3 is 25.2 Å². The van der Waals surface area contributed by atoms with Crippen LogP contribution in [-0.4, -0.2) is 75.8 Å². The summed E-state index contributed by atoms with van der Waals surface area (Å²) in [7, 11) is -4.80. The molecule has 23 heavy (non-hydrogen) atoms. The molecule has 0 aromatic rings. The fourth-order valence-electron chi connectivity index (χ4n) is 1.55. The predicted octanol–water partition coefficient (Wildman–Crippen LogP) is -1.84. The Hall–Kier alpha value is -0.770. The van der Waals surface area contributed by atoms with Crippen LogP contribution in [0.4, 0.5) is 0 Å².